The molecule has 1 aromatic carbocycles. The quantitative estimate of drug-likeness (QED) is 0.595. The summed E-state index contributed by atoms with van der Waals surface area (Å²) in [6.45, 7) is 4.99. The molecule has 1 heterocycles. The Balaban J connectivity index is 1.94. The number of hydrogen-bond acceptors (Lipinski definition) is 7. The van der Waals surface area contributed by atoms with Crippen molar-refractivity contribution in [2.75, 3.05) is 23.3 Å². The zero-order chi connectivity index (χ0) is 19.0. The van der Waals surface area contributed by atoms with Gasteiger partial charge in [-0.2, -0.15) is 0 Å². The smallest absolute Gasteiger partial charge is 0.263 e. The fourth-order valence-electron chi connectivity index (χ4n) is 2.03. The molecule has 10 heteroatoms. The zero-order valence-corrected chi connectivity index (χ0v) is 16.3. The van der Waals surface area contributed by atoms with Crippen LogP contribution in [0, 0.1) is 0 Å². The van der Waals surface area contributed by atoms with Gasteiger partial charge >= 0.3 is 0 Å². The minimum atomic E-state index is -3.75. The normalized spacial score (nSPS) is 11.3. The van der Waals surface area contributed by atoms with E-state index in [1.54, 1.807) is 12.1 Å². The lowest BCUT2D eigenvalue weighted by Gasteiger charge is -2.08. The average molecular weight is 399 g/mol. The van der Waals surface area contributed by atoms with Crippen LogP contribution >= 0.6 is 11.3 Å². The molecule has 0 aliphatic rings. The van der Waals surface area contributed by atoms with E-state index in [9.17, 15) is 13.2 Å². The fraction of sp³-hybridized carbons (Fsp3) is 0.438. The summed E-state index contributed by atoms with van der Waals surface area (Å²) in [5.41, 5.74) is 0.537. The molecule has 0 bridgehead atoms. The Kier molecular flexibility index (Phi) is 7.49. The van der Waals surface area contributed by atoms with Crippen LogP contribution in [0.1, 0.15) is 31.7 Å². The minimum absolute atomic E-state index is 0.0834. The van der Waals surface area contributed by atoms with Crippen LogP contribution in [-0.4, -0.2) is 37.7 Å². The van der Waals surface area contributed by atoms with Gasteiger partial charge in [0.2, 0.25) is 11.0 Å². The highest BCUT2D eigenvalue weighted by atomic mass is 32.2. The summed E-state index contributed by atoms with van der Waals surface area (Å²) in [5.74, 6) is -0.139. The number of ether oxygens (including phenoxy) is 1. The Hall–Kier alpha value is -2.04. The Morgan fingerprint density at radius 1 is 1.19 bits per heavy atom. The lowest BCUT2D eigenvalue weighted by atomic mass is 10.2. The van der Waals surface area contributed by atoms with Crippen LogP contribution < -0.4 is 10.0 Å². The summed E-state index contributed by atoms with van der Waals surface area (Å²) >= 11 is 1.20. The van der Waals surface area contributed by atoms with E-state index >= 15 is 0 Å². The fourth-order valence-corrected chi connectivity index (χ4v) is 3.94. The number of carbonyl (C=O) groups excluding carboxylic acids is 1. The van der Waals surface area contributed by atoms with Gasteiger partial charge in [0, 0.05) is 25.3 Å². The summed E-state index contributed by atoms with van der Waals surface area (Å²) in [4.78, 5) is 11.9. The number of sulfonamides is 1. The predicted octanol–water partition coefficient (Wildman–Crippen LogP) is 2.66. The molecule has 0 saturated heterocycles. The standard InChI is InChI=1S/C16H22N4O4S2/c1-3-15-18-19-16(25-15)20-26(22,23)13-9-7-12(8-10-13)17-14(21)6-5-11-24-4-2/h7-10H,3-6,11H2,1-2H3,(H,17,21)(H,19,20). The third kappa shape index (κ3) is 6.04. The van der Waals surface area contributed by atoms with E-state index in [2.05, 4.69) is 20.2 Å². The second kappa shape index (κ2) is 9.60. The van der Waals surface area contributed by atoms with E-state index in [0.717, 1.165) is 5.01 Å². The van der Waals surface area contributed by atoms with Crippen LogP contribution in [0.15, 0.2) is 29.2 Å². The Morgan fingerprint density at radius 3 is 2.54 bits per heavy atom. The summed E-state index contributed by atoms with van der Waals surface area (Å²) in [6.07, 6.45) is 1.68. The van der Waals surface area contributed by atoms with Gasteiger partial charge in [-0.25, -0.2) is 8.42 Å². The summed E-state index contributed by atoms with van der Waals surface area (Å²) in [7, 11) is -3.75. The monoisotopic (exact) mass is 398 g/mol. The Bertz CT molecular complexity index is 819. The zero-order valence-electron chi connectivity index (χ0n) is 14.7. The SMILES string of the molecule is CCOCCCC(=O)Nc1ccc(S(=O)(=O)Nc2nnc(CC)s2)cc1. The first-order valence-electron chi connectivity index (χ1n) is 8.27. The van der Waals surface area contributed by atoms with Gasteiger partial charge in [-0.1, -0.05) is 18.3 Å². The van der Waals surface area contributed by atoms with Gasteiger partial charge in [0.05, 0.1) is 4.90 Å². The molecule has 0 spiro atoms. The number of amides is 1. The van der Waals surface area contributed by atoms with Gasteiger partial charge in [0.15, 0.2) is 0 Å². The maximum Gasteiger partial charge on any atom is 0.263 e. The van der Waals surface area contributed by atoms with Crippen molar-refractivity contribution in [3.8, 4) is 0 Å². The molecule has 2 rings (SSSR count). The molecule has 2 aromatic rings. The van der Waals surface area contributed by atoms with Gasteiger partial charge in [-0.15, -0.1) is 10.2 Å². The lowest BCUT2D eigenvalue weighted by Crippen LogP contribution is -2.14. The van der Waals surface area contributed by atoms with Gasteiger partial charge in [0.1, 0.15) is 5.01 Å². The largest absolute Gasteiger partial charge is 0.382 e. The predicted molar refractivity (Wildman–Crippen MR) is 101 cm³/mol. The van der Waals surface area contributed by atoms with Crippen LogP contribution in [0.5, 0.6) is 0 Å². The van der Waals surface area contributed by atoms with E-state index in [0.29, 0.717) is 38.2 Å². The number of benzene rings is 1. The molecule has 0 atom stereocenters. The number of aromatic nitrogens is 2. The summed E-state index contributed by atoms with van der Waals surface area (Å²) in [5, 5.41) is 11.4. The molecule has 0 saturated carbocycles. The van der Waals surface area contributed by atoms with Gasteiger partial charge in [0.25, 0.3) is 10.0 Å². The van der Waals surface area contributed by atoms with Crippen LogP contribution in [-0.2, 0) is 26.0 Å². The third-order valence-corrected chi connectivity index (χ3v) is 5.80. The lowest BCUT2D eigenvalue weighted by molar-refractivity contribution is -0.116. The second-order valence-corrected chi connectivity index (χ2v) is 8.08. The maximum atomic E-state index is 12.4. The molecule has 142 valence electrons. The molecular weight excluding hydrogens is 376 g/mol. The average Bonchev–Trinajstić information content (AvgIpc) is 3.06. The third-order valence-electron chi connectivity index (χ3n) is 3.34. The molecule has 0 aliphatic carbocycles. The Labute approximate surface area is 157 Å². The number of rotatable bonds is 10. The van der Waals surface area contributed by atoms with Crippen molar-refractivity contribution in [1.82, 2.24) is 10.2 Å². The number of aryl methyl sites for hydroxylation is 1. The number of carbonyl (C=O) groups is 1. The number of anilines is 2. The Morgan fingerprint density at radius 2 is 1.92 bits per heavy atom. The minimum Gasteiger partial charge on any atom is -0.382 e. The first-order valence-corrected chi connectivity index (χ1v) is 10.6. The molecule has 0 unspecified atom stereocenters. The van der Waals surface area contributed by atoms with Crippen molar-refractivity contribution in [2.45, 2.75) is 38.0 Å². The highest BCUT2D eigenvalue weighted by Gasteiger charge is 2.16. The van der Waals surface area contributed by atoms with E-state index in [4.69, 9.17) is 4.74 Å². The molecule has 0 radical (unpaired) electrons. The van der Waals surface area contributed by atoms with Gasteiger partial charge in [-0.3, -0.25) is 9.52 Å². The first-order chi connectivity index (χ1) is 12.4. The molecule has 2 N–H and O–H groups in total. The highest BCUT2D eigenvalue weighted by Crippen LogP contribution is 2.21. The van der Waals surface area contributed by atoms with Crippen molar-refractivity contribution < 1.29 is 17.9 Å². The van der Waals surface area contributed by atoms with Crippen LogP contribution in [0.25, 0.3) is 0 Å². The van der Waals surface area contributed by atoms with Crippen molar-refractivity contribution in [3.63, 3.8) is 0 Å². The number of hydrogen-bond donors (Lipinski definition) is 2. The van der Waals surface area contributed by atoms with Crippen LogP contribution in [0.2, 0.25) is 0 Å². The van der Waals surface area contributed by atoms with E-state index in [1.807, 2.05) is 13.8 Å². The summed E-state index contributed by atoms with van der Waals surface area (Å²) in [6, 6.07) is 5.96. The molecule has 0 aliphatic heterocycles. The molecule has 1 amide bonds. The number of nitrogens with one attached hydrogen (secondary N) is 2. The maximum absolute atomic E-state index is 12.4. The van der Waals surface area contributed by atoms with Crippen molar-refractivity contribution in [2.24, 2.45) is 0 Å². The molecule has 26 heavy (non-hydrogen) atoms. The highest BCUT2D eigenvalue weighted by molar-refractivity contribution is 7.93. The van der Waals surface area contributed by atoms with E-state index in [-0.39, 0.29) is 15.9 Å². The first kappa shape index (κ1) is 20.3. The summed E-state index contributed by atoms with van der Waals surface area (Å²) < 4.78 is 32.3. The number of nitrogens with zero attached hydrogens (tertiary/aromatic N) is 2. The second-order valence-electron chi connectivity index (χ2n) is 5.33. The van der Waals surface area contributed by atoms with E-state index in [1.165, 1.54) is 23.5 Å². The van der Waals surface area contributed by atoms with Crippen LogP contribution in [0.3, 0.4) is 0 Å². The van der Waals surface area contributed by atoms with Crippen molar-refractivity contribution in [1.29, 1.82) is 0 Å². The van der Waals surface area contributed by atoms with Crippen molar-refractivity contribution in [3.05, 3.63) is 29.3 Å². The molecule has 1 aromatic heterocycles. The molecule has 8 nitrogen and oxygen atoms in total. The topological polar surface area (TPSA) is 110 Å². The van der Waals surface area contributed by atoms with Gasteiger partial charge < -0.3 is 10.1 Å². The molecule has 0 fully saturated rings. The van der Waals surface area contributed by atoms with E-state index < -0.39 is 10.0 Å². The van der Waals surface area contributed by atoms with Crippen LogP contribution in [0.4, 0.5) is 10.8 Å². The van der Waals surface area contributed by atoms with Gasteiger partial charge in [-0.05, 0) is 44.0 Å². The molecular formula is C16H22N4O4S2. The van der Waals surface area contributed by atoms with Crippen molar-refractivity contribution >= 4 is 38.1 Å².